The summed E-state index contributed by atoms with van der Waals surface area (Å²) >= 11 is 0. The molecule has 0 amide bonds. The highest BCUT2D eigenvalue weighted by atomic mass is 16.1. The van der Waals surface area contributed by atoms with Gasteiger partial charge in [0.15, 0.2) is 6.29 Å². The van der Waals surface area contributed by atoms with Crippen molar-refractivity contribution in [2.75, 3.05) is 0 Å². The van der Waals surface area contributed by atoms with E-state index in [4.69, 9.17) is 5.26 Å². The normalized spacial score (nSPS) is 10.4. The molecule has 0 fully saturated rings. The van der Waals surface area contributed by atoms with Crippen molar-refractivity contribution in [2.24, 2.45) is 0 Å². The molecule has 1 N–H and O–H groups in total. The van der Waals surface area contributed by atoms with Gasteiger partial charge in [-0.15, -0.1) is 0 Å². The Balaban J connectivity index is 2.05. The molecule has 1 aromatic carbocycles. The Morgan fingerprint density at radius 1 is 1.36 bits per heavy atom. The van der Waals surface area contributed by atoms with E-state index in [1.54, 1.807) is 18.3 Å². The molecule has 0 aliphatic heterocycles. The van der Waals surface area contributed by atoms with Gasteiger partial charge >= 0.3 is 0 Å². The lowest BCUT2D eigenvalue weighted by Crippen LogP contribution is -2.06. The van der Waals surface area contributed by atoms with E-state index in [9.17, 15) is 4.79 Å². The van der Waals surface area contributed by atoms with Crippen molar-refractivity contribution < 1.29 is 4.79 Å². The minimum absolute atomic E-state index is 0.479. The van der Waals surface area contributed by atoms with Crippen molar-refractivity contribution in [1.82, 2.24) is 20.0 Å². The lowest BCUT2D eigenvalue weighted by atomic mass is 10.0. The van der Waals surface area contributed by atoms with Gasteiger partial charge in [-0.05, 0) is 30.7 Å². The molecule has 3 aromatic rings. The number of carbonyl (C=O) groups excluding carboxylic acids is 1. The van der Waals surface area contributed by atoms with E-state index in [0.717, 1.165) is 28.8 Å². The molecule has 6 nitrogen and oxygen atoms in total. The number of aromatic amines is 1. The zero-order valence-corrected chi connectivity index (χ0v) is 11.9. The number of hydrogen-bond acceptors (Lipinski definition) is 4. The SMILES string of the molecule is Cc1cc(-c2ccc(C#N)cc2)c(C=O)n1Cc1cn[nH]n1. The van der Waals surface area contributed by atoms with Gasteiger partial charge in [-0.25, -0.2) is 0 Å². The number of rotatable bonds is 4. The fourth-order valence-corrected chi connectivity index (χ4v) is 2.45. The summed E-state index contributed by atoms with van der Waals surface area (Å²) in [6.45, 7) is 2.42. The summed E-state index contributed by atoms with van der Waals surface area (Å²) in [4.78, 5) is 11.6. The van der Waals surface area contributed by atoms with E-state index in [-0.39, 0.29) is 0 Å². The minimum Gasteiger partial charge on any atom is -0.336 e. The van der Waals surface area contributed by atoms with Crippen molar-refractivity contribution in [2.45, 2.75) is 13.5 Å². The molecule has 2 heterocycles. The van der Waals surface area contributed by atoms with Crippen molar-refractivity contribution in [1.29, 1.82) is 5.26 Å². The molecule has 0 unspecified atom stereocenters. The molecule has 22 heavy (non-hydrogen) atoms. The third kappa shape index (κ3) is 2.40. The second kappa shape index (κ2) is 5.66. The van der Waals surface area contributed by atoms with Crippen LogP contribution in [-0.2, 0) is 6.54 Å². The summed E-state index contributed by atoms with van der Waals surface area (Å²) < 4.78 is 1.90. The van der Waals surface area contributed by atoms with Gasteiger partial charge in [-0.2, -0.15) is 20.7 Å². The monoisotopic (exact) mass is 291 g/mol. The molecule has 0 saturated carbocycles. The Labute approximate surface area is 127 Å². The molecule has 3 rings (SSSR count). The molecule has 2 aromatic heterocycles. The molecule has 0 aliphatic rings. The highest BCUT2D eigenvalue weighted by Gasteiger charge is 2.15. The maximum Gasteiger partial charge on any atom is 0.167 e. The smallest absolute Gasteiger partial charge is 0.167 e. The van der Waals surface area contributed by atoms with E-state index in [2.05, 4.69) is 21.5 Å². The van der Waals surface area contributed by atoms with Crippen LogP contribution in [0.2, 0.25) is 0 Å². The molecule has 0 spiro atoms. The Morgan fingerprint density at radius 3 is 2.73 bits per heavy atom. The Morgan fingerprint density at radius 2 is 2.14 bits per heavy atom. The second-order valence-electron chi connectivity index (χ2n) is 4.94. The van der Waals surface area contributed by atoms with Gasteiger partial charge in [-0.1, -0.05) is 12.1 Å². The Kier molecular flexibility index (Phi) is 3.54. The highest BCUT2D eigenvalue weighted by Crippen LogP contribution is 2.27. The fraction of sp³-hybridized carbons (Fsp3) is 0.125. The third-order valence-electron chi connectivity index (χ3n) is 3.57. The van der Waals surface area contributed by atoms with Crippen molar-refractivity contribution in [3.05, 3.63) is 59.2 Å². The predicted molar refractivity (Wildman–Crippen MR) is 80.2 cm³/mol. The van der Waals surface area contributed by atoms with Crippen LogP contribution < -0.4 is 0 Å². The third-order valence-corrected chi connectivity index (χ3v) is 3.57. The summed E-state index contributed by atoms with van der Waals surface area (Å²) in [6.07, 6.45) is 2.48. The average molecular weight is 291 g/mol. The number of H-pyrrole nitrogens is 1. The minimum atomic E-state index is 0.479. The Bertz CT molecular complexity index is 838. The first-order chi connectivity index (χ1) is 10.7. The topological polar surface area (TPSA) is 87.4 Å². The van der Waals surface area contributed by atoms with Crippen LogP contribution in [0.1, 0.15) is 27.4 Å². The number of nitriles is 1. The van der Waals surface area contributed by atoms with Crippen LogP contribution in [0, 0.1) is 18.3 Å². The first kappa shape index (κ1) is 13.8. The summed E-state index contributed by atoms with van der Waals surface area (Å²) in [6, 6.07) is 11.2. The van der Waals surface area contributed by atoms with Gasteiger partial charge < -0.3 is 4.57 Å². The van der Waals surface area contributed by atoms with Gasteiger partial charge in [0.2, 0.25) is 0 Å². The van der Waals surface area contributed by atoms with E-state index in [0.29, 0.717) is 17.8 Å². The van der Waals surface area contributed by atoms with Crippen molar-refractivity contribution >= 4 is 6.29 Å². The van der Waals surface area contributed by atoms with E-state index in [1.165, 1.54) is 0 Å². The van der Waals surface area contributed by atoms with Gasteiger partial charge in [0.1, 0.15) is 5.69 Å². The van der Waals surface area contributed by atoms with E-state index < -0.39 is 0 Å². The number of aromatic nitrogens is 4. The average Bonchev–Trinajstić information content (AvgIpc) is 3.16. The van der Waals surface area contributed by atoms with Crippen LogP contribution in [0.3, 0.4) is 0 Å². The maximum atomic E-state index is 11.6. The predicted octanol–water partition coefficient (Wildman–Crippen LogP) is 2.31. The number of aryl methyl sites for hydroxylation is 1. The van der Waals surface area contributed by atoms with E-state index in [1.807, 2.05) is 29.7 Å². The van der Waals surface area contributed by atoms with Gasteiger partial charge in [0, 0.05) is 11.3 Å². The highest BCUT2D eigenvalue weighted by molar-refractivity contribution is 5.86. The lowest BCUT2D eigenvalue weighted by Gasteiger charge is -2.07. The molecule has 6 heteroatoms. The van der Waals surface area contributed by atoms with Crippen LogP contribution in [-0.4, -0.2) is 26.3 Å². The number of nitrogens with zero attached hydrogens (tertiary/aromatic N) is 4. The first-order valence-corrected chi connectivity index (χ1v) is 6.73. The molecule has 0 aliphatic carbocycles. The maximum absolute atomic E-state index is 11.6. The van der Waals surface area contributed by atoms with Crippen molar-refractivity contribution in [3.8, 4) is 17.2 Å². The quantitative estimate of drug-likeness (QED) is 0.747. The molecule has 108 valence electrons. The number of benzene rings is 1. The van der Waals surface area contributed by atoms with Gasteiger partial charge in [0.25, 0.3) is 0 Å². The van der Waals surface area contributed by atoms with Crippen LogP contribution in [0.4, 0.5) is 0 Å². The van der Waals surface area contributed by atoms with Gasteiger partial charge in [-0.3, -0.25) is 4.79 Å². The van der Waals surface area contributed by atoms with Gasteiger partial charge in [0.05, 0.1) is 30.1 Å². The van der Waals surface area contributed by atoms with Crippen LogP contribution in [0.5, 0.6) is 0 Å². The number of nitrogens with one attached hydrogen (secondary N) is 1. The Hall–Kier alpha value is -3.20. The first-order valence-electron chi connectivity index (χ1n) is 6.73. The van der Waals surface area contributed by atoms with Crippen molar-refractivity contribution in [3.63, 3.8) is 0 Å². The van der Waals surface area contributed by atoms with Crippen LogP contribution in [0.25, 0.3) is 11.1 Å². The number of hydrogen-bond donors (Lipinski definition) is 1. The summed E-state index contributed by atoms with van der Waals surface area (Å²) in [5.74, 6) is 0. The molecular weight excluding hydrogens is 278 g/mol. The summed E-state index contributed by atoms with van der Waals surface area (Å²) in [5, 5.41) is 19.2. The van der Waals surface area contributed by atoms with Crippen LogP contribution >= 0.6 is 0 Å². The summed E-state index contributed by atoms with van der Waals surface area (Å²) in [7, 11) is 0. The standard InChI is InChI=1S/C16H13N5O/c1-11-6-15(13-4-2-12(7-17)3-5-13)16(10-22)21(11)9-14-8-18-20-19-14/h2-6,8,10H,9H2,1H3,(H,18,19,20). The summed E-state index contributed by atoms with van der Waals surface area (Å²) in [5.41, 5.74) is 4.65. The number of carbonyl (C=O) groups is 1. The van der Waals surface area contributed by atoms with E-state index >= 15 is 0 Å². The fourth-order valence-electron chi connectivity index (χ4n) is 2.45. The lowest BCUT2D eigenvalue weighted by molar-refractivity contribution is 0.111. The zero-order valence-electron chi connectivity index (χ0n) is 11.9. The van der Waals surface area contributed by atoms with Crippen LogP contribution in [0.15, 0.2) is 36.5 Å². The molecule has 0 radical (unpaired) electrons. The second-order valence-corrected chi connectivity index (χ2v) is 4.94. The molecule has 0 saturated heterocycles. The molecule has 0 atom stereocenters. The largest absolute Gasteiger partial charge is 0.336 e. The zero-order chi connectivity index (χ0) is 15.5. The molecule has 0 bridgehead atoms. The number of aldehydes is 1. The molecular formula is C16H13N5O.